The van der Waals surface area contributed by atoms with Crippen molar-refractivity contribution in [2.24, 2.45) is 0 Å². The van der Waals surface area contributed by atoms with Crippen LogP contribution in [0, 0.1) is 0 Å². The highest BCUT2D eigenvalue weighted by Crippen LogP contribution is 2.28. The molecule has 1 unspecified atom stereocenters. The lowest BCUT2D eigenvalue weighted by Gasteiger charge is -2.21. The van der Waals surface area contributed by atoms with Crippen molar-refractivity contribution in [3.63, 3.8) is 0 Å². The average Bonchev–Trinajstić information content (AvgIpc) is 2.18. The summed E-state index contributed by atoms with van der Waals surface area (Å²) in [4.78, 5) is 0.0535. The maximum Gasteiger partial charge on any atom is 0.177 e. The number of rotatable bonds is 3. The second-order valence-corrected chi connectivity index (χ2v) is 6.97. The lowest BCUT2D eigenvalue weighted by atomic mass is 9.67. The Hall–Kier alpha value is -0.420. The standard InChI is InChI=1S/C8H8B2BrO3S/c1-10-8(9,11)15(13,14)7-4-2-6(12)3-5-7/h2-5,12H,1H3. The Bertz CT molecular complexity index is 441. The molecule has 1 atom stereocenters. The molecule has 0 aliphatic heterocycles. The maximum atomic E-state index is 11.9. The van der Waals surface area contributed by atoms with Gasteiger partial charge in [-0.25, -0.2) is 8.42 Å². The molecule has 0 spiro atoms. The quantitative estimate of drug-likeness (QED) is 0.668. The van der Waals surface area contributed by atoms with Crippen LogP contribution >= 0.6 is 15.9 Å². The number of phenols is 1. The second-order valence-electron chi connectivity index (χ2n) is 2.98. The summed E-state index contributed by atoms with van der Waals surface area (Å²) in [6, 6.07) is 5.20. The number of aromatic hydroxyl groups is 1. The van der Waals surface area contributed by atoms with E-state index in [0.29, 0.717) is 0 Å². The van der Waals surface area contributed by atoms with E-state index in [4.69, 9.17) is 13.0 Å². The van der Waals surface area contributed by atoms with E-state index in [1.54, 1.807) is 6.82 Å². The summed E-state index contributed by atoms with van der Waals surface area (Å²) in [7, 11) is 3.24. The fraction of sp³-hybridized carbons (Fsp3) is 0.250. The number of benzene rings is 1. The molecular formula is C8H8B2BrO3S. The molecule has 0 saturated carbocycles. The Morgan fingerprint density at radius 2 is 1.87 bits per heavy atom. The summed E-state index contributed by atoms with van der Waals surface area (Å²) in [5, 5.41) is 9.04. The summed E-state index contributed by atoms with van der Waals surface area (Å²) in [6.45, 7) is 1.55. The topological polar surface area (TPSA) is 54.4 Å². The third-order valence-electron chi connectivity index (χ3n) is 1.95. The molecule has 0 fully saturated rings. The summed E-state index contributed by atoms with van der Waals surface area (Å²) in [5.41, 5.74) is 0. The van der Waals surface area contributed by atoms with E-state index in [1.807, 2.05) is 0 Å². The number of sulfone groups is 1. The molecule has 1 aromatic rings. The van der Waals surface area contributed by atoms with E-state index >= 15 is 0 Å². The van der Waals surface area contributed by atoms with E-state index in [0.717, 1.165) is 0 Å². The number of alkyl halides is 1. The van der Waals surface area contributed by atoms with Crippen LogP contribution in [0.25, 0.3) is 0 Å². The van der Waals surface area contributed by atoms with Crippen LogP contribution in [-0.4, -0.2) is 32.1 Å². The van der Waals surface area contributed by atoms with Crippen molar-refractivity contribution >= 4 is 40.9 Å². The highest BCUT2D eigenvalue weighted by Gasteiger charge is 2.35. The normalized spacial score (nSPS) is 15.6. The highest BCUT2D eigenvalue weighted by molar-refractivity contribution is 9.12. The van der Waals surface area contributed by atoms with Crippen molar-refractivity contribution in [1.29, 1.82) is 0 Å². The van der Waals surface area contributed by atoms with Crippen molar-refractivity contribution in [1.82, 2.24) is 0 Å². The van der Waals surface area contributed by atoms with E-state index in [1.165, 1.54) is 31.5 Å². The number of halogens is 1. The first-order valence-electron chi connectivity index (χ1n) is 4.13. The van der Waals surface area contributed by atoms with Gasteiger partial charge in [-0.2, -0.15) is 0 Å². The lowest BCUT2D eigenvalue weighted by molar-refractivity contribution is 0.475. The fourth-order valence-electron chi connectivity index (χ4n) is 0.961. The van der Waals surface area contributed by atoms with Crippen molar-refractivity contribution in [3.8, 4) is 5.75 Å². The van der Waals surface area contributed by atoms with E-state index in [-0.39, 0.29) is 10.6 Å². The second kappa shape index (κ2) is 4.22. The van der Waals surface area contributed by atoms with Crippen LogP contribution in [0.2, 0.25) is 6.82 Å². The number of phenolic OH excluding ortho intramolecular Hbond substituents is 1. The first kappa shape index (κ1) is 12.6. The van der Waals surface area contributed by atoms with Crippen LogP contribution in [0.4, 0.5) is 0 Å². The van der Waals surface area contributed by atoms with Crippen LogP contribution < -0.4 is 0 Å². The minimum absolute atomic E-state index is 0.00613. The highest BCUT2D eigenvalue weighted by atomic mass is 79.9. The van der Waals surface area contributed by atoms with Crippen LogP contribution in [-0.2, 0) is 9.84 Å². The zero-order chi connectivity index (χ0) is 11.7. The molecule has 0 aromatic heterocycles. The summed E-state index contributed by atoms with van der Waals surface area (Å²) >= 11 is 2.93. The Kier molecular flexibility index (Phi) is 3.55. The third kappa shape index (κ3) is 2.39. The molecular weight excluding hydrogens is 278 g/mol. The van der Waals surface area contributed by atoms with Gasteiger partial charge in [0.05, 0.1) is 8.35 Å². The van der Waals surface area contributed by atoms with Gasteiger partial charge in [0.1, 0.15) is 20.9 Å². The van der Waals surface area contributed by atoms with Crippen molar-refractivity contribution in [2.75, 3.05) is 0 Å². The number of hydrogen-bond donors (Lipinski definition) is 1. The minimum atomic E-state index is -3.68. The molecule has 0 aliphatic rings. The average molecular weight is 286 g/mol. The van der Waals surface area contributed by atoms with Crippen molar-refractivity contribution in [3.05, 3.63) is 24.3 Å². The zero-order valence-corrected chi connectivity index (χ0v) is 10.4. The van der Waals surface area contributed by atoms with Crippen molar-refractivity contribution in [2.45, 2.75) is 15.2 Å². The summed E-state index contributed by atoms with van der Waals surface area (Å²) in [6.07, 6.45) is 0. The van der Waals surface area contributed by atoms with Gasteiger partial charge in [-0.3, -0.25) is 0 Å². The van der Waals surface area contributed by atoms with E-state index in [9.17, 15) is 8.42 Å². The molecule has 7 heteroatoms. The molecule has 3 radical (unpaired) electrons. The maximum absolute atomic E-state index is 11.9. The molecule has 3 nitrogen and oxygen atoms in total. The van der Waals surface area contributed by atoms with E-state index < -0.39 is 13.3 Å². The van der Waals surface area contributed by atoms with Gasteiger partial charge in [0.15, 0.2) is 9.84 Å². The zero-order valence-electron chi connectivity index (χ0n) is 8.01. The Morgan fingerprint density at radius 3 is 2.27 bits per heavy atom. The Labute approximate surface area is 99.6 Å². The first-order valence-corrected chi connectivity index (χ1v) is 6.41. The molecule has 1 N–H and O–H groups in total. The molecule has 0 bridgehead atoms. The van der Waals surface area contributed by atoms with Crippen LogP contribution in [0.15, 0.2) is 29.2 Å². The van der Waals surface area contributed by atoms with Gasteiger partial charge in [-0.15, -0.1) is 0 Å². The molecule has 0 heterocycles. The van der Waals surface area contributed by atoms with Crippen molar-refractivity contribution < 1.29 is 13.5 Å². The Morgan fingerprint density at radius 1 is 1.40 bits per heavy atom. The van der Waals surface area contributed by atoms with Gasteiger partial charge in [-0.1, -0.05) is 22.8 Å². The van der Waals surface area contributed by atoms with Crippen LogP contribution in [0.3, 0.4) is 0 Å². The summed E-state index contributed by atoms with van der Waals surface area (Å²) < 4.78 is 22.2. The predicted molar refractivity (Wildman–Crippen MR) is 64.3 cm³/mol. The number of hydrogen-bond acceptors (Lipinski definition) is 3. The Balaban J connectivity index is 3.24. The molecule has 77 valence electrons. The van der Waals surface area contributed by atoms with Gasteiger partial charge in [0.2, 0.25) is 0 Å². The summed E-state index contributed by atoms with van der Waals surface area (Å²) in [5.74, 6) is 0.00613. The molecule has 1 aromatic carbocycles. The van der Waals surface area contributed by atoms with Gasteiger partial charge in [-0.05, 0) is 24.3 Å². The van der Waals surface area contributed by atoms with Gasteiger partial charge < -0.3 is 5.11 Å². The fourth-order valence-corrected chi connectivity index (χ4v) is 2.69. The molecule has 0 amide bonds. The van der Waals surface area contributed by atoms with Gasteiger partial charge in [0, 0.05) is 0 Å². The first-order chi connectivity index (χ1) is 6.81. The minimum Gasteiger partial charge on any atom is -0.508 e. The van der Waals surface area contributed by atoms with Gasteiger partial charge in [0.25, 0.3) is 0 Å². The van der Waals surface area contributed by atoms with Gasteiger partial charge >= 0.3 is 0 Å². The third-order valence-corrected chi connectivity index (χ3v) is 5.64. The van der Waals surface area contributed by atoms with Crippen LogP contribution in [0.5, 0.6) is 5.75 Å². The molecule has 1 rings (SSSR count). The van der Waals surface area contributed by atoms with Crippen LogP contribution in [0.1, 0.15) is 0 Å². The smallest absolute Gasteiger partial charge is 0.177 e. The predicted octanol–water partition coefficient (Wildman–Crippen LogP) is 1.09. The monoisotopic (exact) mass is 285 g/mol. The molecule has 0 aliphatic carbocycles. The largest absolute Gasteiger partial charge is 0.508 e. The lowest BCUT2D eigenvalue weighted by Crippen LogP contribution is -2.37. The van der Waals surface area contributed by atoms with E-state index in [2.05, 4.69) is 15.9 Å². The molecule has 0 saturated heterocycles. The molecule has 15 heavy (non-hydrogen) atoms. The SMILES string of the molecule is [B]C(Br)([B]C)S(=O)(=O)c1ccc(O)cc1.